The van der Waals surface area contributed by atoms with Crippen molar-refractivity contribution in [3.05, 3.63) is 45.1 Å². The number of hydrogen-bond acceptors (Lipinski definition) is 5. The maximum Gasteiger partial charge on any atom is 0.227 e. The van der Waals surface area contributed by atoms with Crippen LogP contribution in [-0.2, 0) is 4.79 Å². The van der Waals surface area contributed by atoms with Crippen molar-refractivity contribution < 1.29 is 4.79 Å². The van der Waals surface area contributed by atoms with Crippen molar-refractivity contribution in [2.24, 2.45) is 5.41 Å². The molecule has 1 aromatic heterocycles. The zero-order chi connectivity index (χ0) is 21.5. The fourth-order valence-corrected chi connectivity index (χ4v) is 5.52. The van der Waals surface area contributed by atoms with Gasteiger partial charge in [-0.1, -0.05) is 74.6 Å². The number of fused-ring (bicyclic) bond motifs is 1. The van der Waals surface area contributed by atoms with Gasteiger partial charge in [0, 0.05) is 39.1 Å². The quantitative estimate of drug-likeness (QED) is 0.389. The van der Waals surface area contributed by atoms with E-state index in [4.69, 9.17) is 33.3 Å². The maximum absolute atomic E-state index is 13.2. The van der Waals surface area contributed by atoms with Crippen LogP contribution >= 0.6 is 35.0 Å². The highest BCUT2D eigenvalue weighted by Crippen LogP contribution is 2.47. The molecule has 0 radical (unpaired) electrons. The van der Waals surface area contributed by atoms with E-state index in [0.29, 0.717) is 22.4 Å². The van der Waals surface area contributed by atoms with Gasteiger partial charge in [-0.25, -0.2) is 4.68 Å². The molecule has 2 heterocycles. The molecule has 1 aromatic carbocycles. The van der Waals surface area contributed by atoms with E-state index in [1.165, 1.54) is 12.8 Å². The molecule has 30 heavy (non-hydrogen) atoms. The Morgan fingerprint density at radius 2 is 2.07 bits per heavy atom. The molecule has 0 fully saturated rings. The fourth-order valence-electron chi connectivity index (χ4n) is 4.18. The van der Waals surface area contributed by atoms with Crippen molar-refractivity contribution in [2.75, 3.05) is 11.1 Å². The average Bonchev–Trinajstić information content (AvgIpc) is 3.05. The van der Waals surface area contributed by atoms with Crippen LogP contribution < -0.4 is 5.32 Å². The predicted molar refractivity (Wildman–Crippen MR) is 124 cm³/mol. The molecular weight excluding hydrogens is 439 g/mol. The minimum absolute atomic E-state index is 0.100. The second kappa shape index (κ2) is 8.56. The number of unbranched alkanes of at least 4 members (excludes halogenated alkanes) is 2. The summed E-state index contributed by atoms with van der Waals surface area (Å²) in [5.41, 5.74) is 2.38. The minimum Gasteiger partial charge on any atom is -0.328 e. The van der Waals surface area contributed by atoms with Gasteiger partial charge in [-0.15, -0.1) is 5.10 Å². The number of allylic oxidation sites excluding steroid dienone is 2. The van der Waals surface area contributed by atoms with Crippen molar-refractivity contribution in [1.29, 1.82) is 0 Å². The SMILES string of the molecule is CCCCCSc1nc2n(n1)C(c1ccc(Cl)cc1Cl)C1=C(CC(C)(C)CC1=O)N2. The number of carbonyl (C=O) groups is 1. The van der Waals surface area contributed by atoms with Gasteiger partial charge in [0.25, 0.3) is 0 Å². The Labute approximate surface area is 191 Å². The third-order valence-electron chi connectivity index (χ3n) is 5.55. The third kappa shape index (κ3) is 4.27. The number of halogens is 2. The molecule has 8 heteroatoms. The van der Waals surface area contributed by atoms with Gasteiger partial charge in [-0.2, -0.15) is 4.98 Å². The van der Waals surface area contributed by atoms with Crippen LogP contribution in [0.1, 0.15) is 64.5 Å². The van der Waals surface area contributed by atoms with Crippen LogP contribution in [0, 0.1) is 5.41 Å². The molecule has 2 aliphatic rings. The number of benzene rings is 1. The summed E-state index contributed by atoms with van der Waals surface area (Å²) in [5, 5.41) is 9.97. The number of anilines is 1. The first-order chi connectivity index (χ1) is 14.3. The molecule has 2 aromatic rings. The second-order valence-corrected chi connectivity index (χ2v) is 10.7. The molecule has 1 N–H and O–H groups in total. The van der Waals surface area contributed by atoms with Gasteiger partial charge >= 0.3 is 0 Å². The van der Waals surface area contributed by atoms with Gasteiger partial charge in [0.05, 0.1) is 0 Å². The smallest absolute Gasteiger partial charge is 0.227 e. The molecule has 1 atom stereocenters. The van der Waals surface area contributed by atoms with Crippen molar-refractivity contribution in [1.82, 2.24) is 14.8 Å². The Kier molecular flexibility index (Phi) is 6.20. The lowest BCUT2D eigenvalue weighted by molar-refractivity contribution is -0.118. The monoisotopic (exact) mass is 464 g/mol. The van der Waals surface area contributed by atoms with Crippen LogP contribution in [0.25, 0.3) is 0 Å². The summed E-state index contributed by atoms with van der Waals surface area (Å²) in [6, 6.07) is 5.01. The topological polar surface area (TPSA) is 59.8 Å². The molecule has 0 spiro atoms. The standard InChI is InChI=1S/C22H26Cl2N4OS/c1-4-5-6-9-30-21-26-20-25-16-11-22(2,3)12-17(29)18(16)19(28(20)27-21)14-8-7-13(23)10-15(14)24/h7-8,10,19H,4-6,9,11-12H2,1-3H3,(H,25,26,27). The summed E-state index contributed by atoms with van der Waals surface area (Å²) < 4.78 is 1.81. The van der Waals surface area contributed by atoms with Crippen LogP contribution in [0.2, 0.25) is 10.0 Å². The van der Waals surface area contributed by atoms with Crippen LogP contribution in [0.5, 0.6) is 0 Å². The van der Waals surface area contributed by atoms with Gasteiger partial charge in [0.15, 0.2) is 5.78 Å². The Morgan fingerprint density at radius 3 is 2.80 bits per heavy atom. The highest BCUT2D eigenvalue weighted by molar-refractivity contribution is 7.99. The van der Waals surface area contributed by atoms with Crippen LogP contribution in [0.4, 0.5) is 5.95 Å². The van der Waals surface area contributed by atoms with E-state index in [-0.39, 0.29) is 11.2 Å². The van der Waals surface area contributed by atoms with Gasteiger partial charge in [0.2, 0.25) is 11.1 Å². The minimum atomic E-state index is -0.401. The maximum atomic E-state index is 13.2. The number of carbonyl (C=O) groups excluding carboxylic acids is 1. The molecule has 0 amide bonds. The zero-order valence-electron chi connectivity index (χ0n) is 17.5. The molecular formula is C22H26Cl2N4OS. The lowest BCUT2D eigenvalue weighted by atomic mass is 9.73. The first kappa shape index (κ1) is 21.7. The van der Waals surface area contributed by atoms with E-state index in [1.54, 1.807) is 23.9 Å². The predicted octanol–water partition coefficient (Wildman–Crippen LogP) is 6.53. The Morgan fingerprint density at radius 1 is 1.27 bits per heavy atom. The number of Topliss-reactive ketones (excluding diaryl/α,β-unsaturated/α-hetero) is 1. The molecule has 1 aliphatic carbocycles. The summed E-state index contributed by atoms with van der Waals surface area (Å²) >= 11 is 14.4. The number of nitrogens with one attached hydrogen (secondary N) is 1. The number of aromatic nitrogens is 3. The molecule has 1 unspecified atom stereocenters. The fraction of sp³-hybridized carbons (Fsp3) is 0.500. The Bertz CT molecular complexity index is 1010. The van der Waals surface area contributed by atoms with Gasteiger partial charge in [0.1, 0.15) is 6.04 Å². The second-order valence-electron chi connectivity index (χ2n) is 8.74. The Hall–Kier alpha value is -1.50. The van der Waals surface area contributed by atoms with Crippen LogP contribution in [0.15, 0.2) is 34.6 Å². The van der Waals surface area contributed by atoms with E-state index >= 15 is 0 Å². The van der Waals surface area contributed by atoms with Gasteiger partial charge < -0.3 is 5.32 Å². The highest BCUT2D eigenvalue weighted by Gasteiger charge is 2.42. The number of thioether (sulfide) groups is 1. The molecule has 0 bridgehead atoms. The normalized spacial score (nSPS) is 20.0. The number of ketones is 1. The molecule has 1 aliphatic heterocycles. The molecule has 0 saturated carbocycles. The molecule has 160 valence electrons. The van der Waals surface area contributed by atoms with E-state index < -0.39 is 6.04 Å². The van der Waals surface area contributed by atoms with E-state index in [0.717, 1.165) is 40.6 Å². The zero-order valence-corrected chi connectivity index (χ0v) is 19.8. The van der Waals surface area contributed by atoms with Crippen LogP contribution in [-0.4, -0.2) is 26.3 Å². The lowest BCUT2D eigenvalue weighted by Crippen LogP contribution is -2.36. The molecule has 4 rings (SSSR count). The lowest BCUT2D eigenvalue weighted by Gasteiger charge is -2.38. The first-order valence-corrected chi connectivity index (χ1v) is 12.1. The Balaban J connectivity index is 1.77. The average molecular weight is 465 g/mol. The van der Waals surface area contributed by atoms with Crippen molar-refractivity contribution in [2.45, 2.75) is 64.1 Å². The summed E-state index contributed by atoms with van der Waals surface area (Å²) in [6.45, 7) is 6.43. The number of hydrogen-bond donors (Lipinski definition) is 1. The summed E-state index contributed by atoms with van der Waals surface area (Å²) in [5.74, 6) is 1.76. The molecule has 0 saturated heterocycles. The summed E-state index contributed by atoms with van der Waals surface area (Å²) in [4.78, 5) is 18.0. The summed E-state index contributed by atoms with van der Waals surface area (Å²) in [6.07, 6.45) is 4.79. The number of rotatable bonds is 6. The van der Waals surface area contributed by atoms with E-state index in [2.05, 4.69) is 26.1 Å². The highest BCUT2D eigenvalue weighted by atomic mass is 35.5. The third-order valence-corrected chi connectivity index (χ3v) is 7.03. The van der Waals surface area contributed by atoms with Crippen molar-refractivity contribution >= 4 is 46.7 Å². The summed E-state index contributed by atoms with van der Waals surface area (Å²) in [7, 11) is 0. The largest absolute Gasteiger partial charge is 0.328 e. The van der Waals surface area contributed by atoms with Crippen molar-refractivity contribution in [3.8, 4) is 0 Å². The van der Waals surface area contributed by atoms with E-state index in [1.807, 2.05) is 10.7 Å². The van der Waals surface area contributed by atoms with Crippen molar-refractivity contribution in [3.63, 3.8) is 0 Å². The van der Waals surface area contributed by atoms with Crippen LogP contribution in [0.3, 0.4) is 0 Å². The van der Waals surface area contributed by atoms with Gasteiger partial charge in [-0.3, -0.25) is 4.79 Å². The number of nitrogens with zero attached hydrogens (tertiary/aromatic N) is 3. The first-order valence-electron chi connectivity index (χ1n) is 10.4. The molecule has 5 nitrogen and oxygen atoms in total. The van der Waals surface area contributed by atoms with E-state index in [9.17, 15) is 4.79 Å². The van der Waals surface area contributed by atoms with Gasteiger partial charge in [-0.05, 0) is 30.4 Å².